The summed E-state index contributed by atoms with van der Waals surface area (Å²) < 4.78 is 0. The van der Waals surface area contributed by atoms with Crippen LogP contribution in [0.25, 0.3) is 0 Å². The zero-order valence-electron chi connectivity index (χ0n) is 11.5. The van der Waals surface area contributed by atoms with Crippen LogP contribution in [0.2, 0.25) is 10.0 Å². The molecular formula is C15H15Cl2N3O. The molecule has 1 amide bonds. The van der Waals surface area contributed by atoms with Crippen molar-refractivity contribution < 1.29 is 4.79 Å². The van der Waals surface area contributed by atoms with Gasteiger partial charge in [-0.1, -0.05) is 30.1 Å². The van der Waals surface area contributed by atoms with E-state index >= 15 is 0 Å². The van der Waals surface area contributed by atoms with E-state index in [2.05, 4.69) is 22.5 Å². The lowest BCUT2D eigenvalue weighted by Crippen LogP contribution is -2.13. The molecule has 0 spiro atoms. The monoisotopic (exact) mass is 323 g/mol. The van der Waals surface area contributed by atoms with Gasteiger partial charge in [-0.05, 0) is 36.8 Å². The number of anilines is 2. The molecule has 0 fully saturated rings. The number of hydrogen-bond donors (Lipinski definition) is 2. The van der Waals surface area contributed by atoms with E-state index < -0.39 is 0 Å². The summed E-state index contributed by atoms with van der Waals surface area (Å²) in [5.41, 5.74) is 1.11. The Morgan fingerprint density at radius 3 is 2.71 bits per heavy atom. The molecule has 0 aliphatic rings. The van der Waals surface area contributed by atoms with E-state index in [1.54, 1.807) is 36.5 Å². The first kappa shape index (κ1) is 15.6. The molecule has 0 saturated carbocycles. The van der Waals surface area contributed by atoms with Gasteiger partial charge in [-0.2, -0.15) is 0 Å². The van der Waals surface area contributed by atoms with Crippen molar-refractivity contribution in [3.63, 3.8) is 0 Å². The highest BCUT2D eigenvalue weighted by Crippen LogP contribution is 2.25. The number of rotatable bonds is 5. The Kier molecular flexibility index (Phi) is 5.42. The third-order valence-corrected chi connectivity index (χ3v) is 3.49. The Morgan fingerprint density at radius 1 is 1.19 bits per heavy atom. The van der Waals surface area contributed by atoms with Crippen LogP contribution in [0.3, 0.4) is 0 Å². The minimum Gasteiger partial charge on any atom is -0.370 e. The fraction of sp³-hybridized carbons (Fsp3) is 0.200. The predicted octanol–water partition coefficient (Wildman–Crippen LogP) is 4.46. The van der Waals surface area contributed by atoms with E-state index in [1.165, 1.54) is 0 Å². The number of aromatic nitrogens is 1. The fourth-order valence-corrected chi connectivity index (χ4v) is 2.00. The summed E-state index contributed by atoms with van der Waals surface area (Å²) in [6, 6.07) is 8.32. The molecule has 0 aliphatic heterocycles. The maximum absolute atomic E-state index is 12.2. The molecule has 0 atom stereocenters. The molecule has 1 heterocycles. The van der Waals surface area contributed by atoms with Crippen molar-refractivity contribution in [3.05, 3.63) is 52.1 Å². The topological polar surface area (TPSA) is 54.0 Å². The van der Waals surface area contributed by atoms with Gasteiger partial charge in [-0.25, -0.2) is 4.98 Å². The van der Waals surface area contributed by atoms with E-state index in [0.717, 1.165) is 13.0 Å². The maximum atomic E-state index is 12.2. The van der Waals surface area contributed by atoms with E-state index in [-0.39, 0.29) is 5.91 Å². The molecule has 0 unspecified atom stereocenters. The molecule has 1 aromatic heterocycles. The Labute approximate surface area is 133 Å². The van der Waals surface area contributed by atoms with E-state index in [9.17, 15) is 4.79 Å². The molecule has 0 aliphatic carbocycles. The average molecular weight is 324 g/mol. The van der Waals surface area contributed by atoms with Crippen molar-refractivity contribution in [2.75, 3.05) is 17.2 Å². The molecular weight excluding hydrogens is 309 g/mol. The standard InChI is InChI=1S/C15H15Cl2N3O/c1-2-6-18-14-8-10(5-7-19-14)15(21)20-11-3-4-12(16)13(17)9-11/h3-5,7-9H,2,6H2,1H3,(H,18,19)(H,20,21). The lowest BCUT2D eigenvalue weighted by molar-refractivity contribution is 0.102. The zero-order chi connectivity index (χ0) is 15.2. The Balaban J connectivity index is 2.10. The Hall–Kier alpha value is -1.78. The van der Waals surface area contributed by atoms with Gasteiger partial charge in [0, 0.05) is 24.0 Å². The van der Waals surface area contributed by atoms with Gasteiger partial charge in [0.1, 0.15) is 5.82 Å². The highest BCUT2D eigenvalue weighted by Gasteiger charge is 2.08. The number of carbonyl (C=O) groups excluding carboxylic acids is 1. The van der Waals surface area contributed by atoms with Crippen LogP contribution in [0.5, 0.6) is 0 Å². The first-order chi connectivity index (χ1) is 10.1. The van der Waals surface area contributed by atoms with Gasteiger partial charge in [-0.15, -0.1) is 0 Å². The minimum absolute atomic E-state index is 0.227. The second-order valence-electron chi connectivity index (χ2n) is 4.44. The van der Waals surface area contributed by atoms with Gasteiger partial charge in [-0.3, -0.25) is 4.79 Å². The molecule has 21 heavy (non-hydrogen) atoms. The zero-order valence-corrected chi connectivity index (χ0v) is 13.0. The SMILES string of the molecule is CCCNc1cc(C(=O)Nc2ccc(Cl)c(Cl)c2)ccn1. The van der Waals surface area contributed by atoms with Crippen LogP contribution in [0.4, 0.5) is 11.5 Å². The minimum atomic E-state index is -0.227. The second kappa shape index (κ2) is 7.29. The molecule has 2 N–H and O–H groups in total. The van der Waals surface area contributed by atoms with E-state index in [4.69, 9.17) is 23.2 Å². The summed E-state index contributed by atoms with van der Waals surface area (Å²) in [6.07, 6.45) is 2.59. The smallest absolute Gasteiger partial charge is 0.255 e. The fourth-order valence-electron chi connectivity index (χ4n) is 1.70. The summed E-state index contributed by atoms with van der Waals surface area (Å²) >= 11 is 11.8. The summed E-state index contributed by atoms with van der Waals surface area (Å²) in [5.74, 6) is 0.453. The van der Waals surface area contributed by atoms with E-state index in [1.807, 2.05) is 0 Å². The average Bonchev–Trinajstić information content (AvgIpc) is 2.49. The second-order valence-corrected chi connectivity index (χ2v) is 5.25. The number of nitrogens with zero attached hydrogens (tertiary/aromatic N) is 1. The largest absolute Gasteiger partial charge is 0.370 e. The summed E-state index contributed by atoms with van der Waals surface area (Å²) in [7, 11) is 0. The first-order valence-corrected chi connectivity index (χ1v) is 7.32. The van der Waals surface area contributed by atoms with Crippen LogP contribution in [-0.2, 0) is 0 Å². The van der Waals surface area contributed by atoms with Crippen LogP contribution in [0.15, 0.2) is 36.5 Å². The highest BCUT2D eigenvalue weighted by atomic mass is 35.5. The number of amides is 1. The summed E-state index contributed by atoms with van der Waals surface area (Å²) in [4.78, 5) is 16.4. The van der Waals surface area contributed by atoms with Crippen LogP contribution in [0.1, 0.15) is 23.7 Å². The Morgan fingerprint density at radius 2 is 2.00 bits per heavy atom. The van der Waals surface area contributed by atoms with Gasteiger partial charge in [0.25, 0.3) is 5.91 Å². The third kappa shape index (κ3) is 4.34. The highest BCUT2D eigenvalue weighted by molar-refractivity contribution is 6.42. The Bertz CT molecular complexity index is 647. The van der Waals surface area contributed by atoms with Gasteiger partial charge in [0.2, 0.25) is 0 Å². The lowest BCUT2D eigenvalue weighted by atomic mass is 10.2. The van der Waals surface area contributed by atoms with Crippen LogP contribution >= 0.6 is 23.2 Å². The molecule has 6 heteroatoms. The third-order valence-electron chi connectivity index (χ3n) is 2.76. The van der Waals surface area contributed by atoms with Gasteiger partial charge < -0.3 is 10.6 Å². The number of carbonyl (C=O) groups is 1. The molecule has 2 rings (SSSR count). The predicted molar refractivity (Wildman–Crippen MR) is 87.4 cm³/mol. The number of pyridine rings is 1. The summed E-state index contributed by atoms with van der Waals surface area (Å²) in [5, 5.41) is 6.76. The molecule has 0 bridgehead atoms. The molecule has 2 aromatic rings. The molecule has 4 nitrogen and oxygen atoms in total. The summed E-state index contributed by atoms with van der Waals surface area (Å²) in [6.45, 7) is 2.87. The van der Waals surface area contributed by atoms with Crippen LogP contribution in [-0.4, -0.2) is 17.4 Å². The number of halogens is 2. The van der Waals surface area contributed by atoms with Crippen molar-refractivity contribution in [1.82, 2.24) is 4.98 Å². The van der Waals surface area contributed by atoms with Crippen LogP contribution in [0, 0.1) is 0 Å². The van der Waals surface area contributed by atoms with Gasteiger partial charge in [0.15, 0.2) is 0 Å². The van der Waals surface area contributed by atoms with Gasteiger partial charge in [0.05, 0.1) is 10.0 Å². The first-order valence-electron chi connectivity index (χ1n) is 6.56. The van der Waals surface area contributed by atoms with E-state index in [0.29, 0.717) is 27.1 Å². The quantitative estimate of drug-likeness (QED) is 0.853. The normalized spacial score (nSPS) is 10.2. The molecule has 0 radical (unpaired) electrons. The van der Waals surface area contributed by atoms with Crippen molar-refractivity contribution in [2.24, 2.45) is 0 Å². The lowest BCUT2D eigenvalue weighted by Gasteiger charge is -2.08. The number of hydrogen-bond acceptors (Lipinski definition) is 3. The molecule has 0 saturated heterocycles. The van der Waals surface area contributed by atoms with Crippen molar-refractivity contribution in [1.29, 1.82) is 0 Å². The van der Waals surface area contributed by atoms with Gasteiger partial charge >= 0.3 is 0 Å². The maximum Gasteiger partial charge on any atom is 0.255 e. The van der Waals surface area contributed by atoms with Crippen molar-refractivity contribution in [2.45, 2.75) is 13.3 Å². The number of nitrogens with one attached hydrogen (secondary N) is 2. The molecule has 110 valence electrons. The van der Waals surface area contributed by atoms with Crippen LogP contribution < -0.4 is 10.6 Å². The van der Waals surface area contributed by atoms with Crippen molar-refractivity contribution in [3.8, 4) is 0 Å². The van der Waals surface area contributed by atoms with Crippen molar-refractivity contribution >= 4 is 40.6 Å². The number of benzene rings is 1. The molecule has 1 aromatic carbocycles.